The van der Waals surface area contributed by atoms with E-state index in [-0.39, 0.29) is 0 Å². The van der Waals surface area contributed by atoms with E-state index in [2.05, 4.69) is 20.3 Å². The second-order valence-corrected chi connectivity index (χ2v) is 6.66. The molecule has 30 heavy (non-hydrogen) atoms. The molecule has 5 aromatic rings. The molecule has 0 spiro atoms. The molecule has 8 heteroatoms. The molecular weight excluding hydrogens is 382 g/mol. The number of ether oxygens (including phenoxy) is 1. The van der Waals surface area contributed by atoms with Gasteiger partial charge >= 0.3 is 5.76 Å². The number of methoxy groups -OCH3 is 1. The lowest BCUT2D eigenvalue weighted by Crippen LogP contribution is -2.01. The summed E-state index contributed by atoms with van der Waals surface area (Å²) < 4.78 is 11.0. The van der Waals surface area contributed by atoms with Gasteiger partial charge in [0.2, 0.25) is 0 Å². The number of aromatic nitrogens is 4. The SMILES string of the molecule is CNc1nc(-c2cccnc2)nc2c(OC)cc(-c3cccc4[nH]c(=O)oc34)cc12. The van der Waals surface area contributed by atoms with E-state index in [0.717, 1.165) is 22.1 Å². The lowest BCUT2D eigenvalue weighted by molar-refractivity contribution is 0.419. The van der Waals surface area contributed by atoms with E-state index in [1.165, 1.54) is 0 Å². The molecule has 148 valence electrons. The standard InChI is InChI=1S/C22H17N5O3/c1-23-21-15-9-13(14-6-3-7-16-19(14)30-22(28)25-16)10-17(29-2)18(15)26-20(27-21)12-5-4-8-24-11-12/h3-11H,1-2H3,(H,25,28)(H,23,26,27). The van der Waals surface area contributed by atoms with Crippen molar-refractivity contribution in [3.63, 3.8) is 0 Å². The van der Waals surface area contributed by atoms with Crippen molar-refractivity contribution in [2.45, 2.75) is 0 Å². The minimum Gasteiger partial charge on any atom is -0.494 e. The molecule has 0 amide bonds. The number of anilines is 1. The Morgan fingerprint density at radius 2 is 2.00 bits per heavy atom. The van der Waals surface area contributed by atoms with Crippen LogP contribution in [0.1, 0.15) is 0 Å². The fourth-order valence-electron chi connectivity index (χ4n) is 3.53. The molecule has 0 fully saturated rings. The molecule has 2 aromatic carbocycles. The fourth-order valence-corrected chi connectivity index (χ4v) is 3.53. The Labute approximate surface area is 170 Å². The summed E-state index contributed by atoms with van der Waals surface area (Å²) in [6.07, 6.45) is 3.42. The number of pyridine rings is 1. The van der Waals surface area contributed by atoms with Gasteiger partial charge in [0.25, 0.3) is 0 Å². The van der Waals surface area contributed by atoms with Crippen LogP contribution in [0.2, 0.25) is 0 Å². The third-order valence-corrected chi connectivity index (χ3v) is 4.90. The number of benzene rings is 2. The summed E-state index contributed by atoms with van der Waals surface area (Å²) in [5.74, 6) is 1.29. The van der Waals surface area contributed by atoms with Crippen LogP contribution in [-0.4, -0.2) is 34.1 Å². The van der Waals surface area contributed by atoms with E-state index in [9.17, 15) is 4.79 Å². The van der Waals surface area contributed by atoms with Gasteiger partial charge in [-0.3, -0.25) is 9.97 Å². The topological polar surface area (TPSA) is 106 Å². The minimum absolute atomic E-state index is 0.489. The van der Waals surface area contributed by atoms with Gasteiger partial charge in [0.1, 0.15) is 17.1 Å². The maximum absolute atomic E-state index is 11.7. The van der Waals surface area contributed by atoms with Crippen molar-refractivity contribution in [2.24, 2.45) is 0 Å². The van der Waals surface area contributed by atoms with E-state index < -0.39 is 5.76 Å². The number of nitrogens with zero attached hydrogens (tertiary/aromatic N) is 3. The molecule has 8 nitrogen and oxygen atoms in total. The first kappa shape index (κ1) is 17.9. The number of hydrogen-bond acceptors (Lipinski definition) is 7. The molecule has 0 bridgehead atoms. The Kier molecular flexibility index (Phi) is 4.17. The van der Waals surface area contributed by atoms with Gasteiger partial charge in [-0.05, 0) is 35.9 Å². The molecule has 3 heterocycles. The molecule has 3 aromatic heterocycles. The molecule has 0 aliphatic heterocycles. The van der Waals surface area contributed by atoms with Gasteiger partial charge in [0.15, 0.2) is 11.4 Å². The van der Waals surface area contributed by atoms with Crippen molar-refractivity contribution in [3.05, 3.63) is 65.4 Å². The summed E-state index contributed by atoms with van der Waals surface area (Å²) in [6, 6.07) is 13.1. The van der Waals surface area contributed by atoms with Crippen LogP contribution in [0.3, 0.4) is 0 Å². The zero-order valence-corrected chi connectivity index (χ0v) is 16.3. The van der Waals surface area contributed by atoms with Gasteiger partial charge in [-0.15, -0.1) is 0 Å². The Balaban J connectivity index is 1.79. The molecule has 0 unspecified atom stereocenters. The van der Waals surface area contributed by atoms with Crippen molar-refractivity contribution in [1.82, 2.24) is 19.9 Å². The second kappa shape index (κ2) is 7.00. The van der Waals surface area contributed by atoms with Crippen molar-refractivity contribution < 1.29 is 9.15 Å². The number of hydrogen-bond donors (Lipinski definition) is 2. The van der Waals surface area contributed by atoms with Crippen LogP contribution in [0.25, 0.3) is 44.5 Å². The number of fused-ring (bicyclic) bond motifs is 2. The number of H-pyrrole nitrogens is 1. The molecule has 0 saturated carbocycles. The van der Waals surface area contributed by atoms with Gasteiger partial charge in [-0.2, -0.15) is 0 Å². The van der Waals surface area contributed by atoms with E-state index in [1.54, 1.807) is 32.6 Å². The van der Waals surface area contributed by atoms with Crippen LogP contribution in [-0.2, 0) is 0 Å². The molecular formula is C22H17N5O3. The summed E-state index contributed by atoms with van der Waals surface area (Å²) in [6.45, 7) is 0. The highest BCUT2D eigenvalue weighted by Crippen LogP contribution is 2.37. The van der Waals surface area contributed by atoms with E-state index in [1.807, 2.05) is 36.4 Å². The zero-order valence-electron chi connectivity index (χ0n) is 16.3. The van der Waals surface area contributed by atoms with E-state index in [0.29, 0.717) is 34.0 Å². The average Bonchev–Trinajstić information content (AvgIpc) is 3.18. The third kappa shape index (κ3) is 2.86. The van der Waals surface area contributed by atoms with Crippen LogP contribution < -0.4 is 15.8 Å². The summed E-state index contributed by atoms with van der Waals surface area (Å²) in [5, 5.41) is 3.93. The predicted molar refractivity (Wildman–Crippen MR) is 115 cm³/mol. The van der Waals surface area contributed by atoms with Gasteiger partial charge in [-0.25, -0.2) is 14.8 Å². The fraction of sp³-hybridized carbons (Fsp3) is 0.0909. The predicted octanol–water partition coefficient (Wildman–Crippen LogP) is 3.84. The van der Waals surface area contributed by atoms with Crippen LogP contribution in [0.15, 0.2) is 64.1 Å². The normalized spacial score (nSPS) is 11.1. The molecule has 0 aliphatic rings. The first-order valence-corrected chi connectivity index (χ1v) is 9.28. The molecule has 0 atom stereocenters. The smallest absolute Gasteiger partial charge is 0.417 e. The number of aromatic amines is 1. The largest absolute Gasteiger partial charge is 0.494 e. The number of nitrogens with one attached hydrogen (secondary N) is 2. The first-order chi connectivity index (χ1) is 14.7. The van der Waals surface area contributed by atoms with Gasteiger partial charge in [0.05, 0.1) is 12.6 Å². The monoisotopic (exact) mass is 399 g/mol. The van der Waals surface area contributed by atoms with E-state index >= 15 is 0 Å². The summed E-state index contributed by atoms with van der Waals surface area (Å²) in [4.78, 5) is 27.9. The number of rotatable bonds is 4. The van der Waals surface area contributed by atoms with Crippen LogP contribution in [0.4, 0.5) is 5.82 Å². The molecule has 5 rings (SSSR count). The molecule has 0 saturated heterocycles. The molecule has 0 aliphatic carbocycles. The molecule has 2 N–H and O–H groups in total. The average molecular weight is 399 g/mol. The van der Waals surface area contributed by atoms with Crippen LogP contribution in [0.5, 0.6) is 5.75 Å². The van der Waals surface area contributed by atoms with Crippen LogP contribution >= 0.6 is 0 Å². The van der Waals surface area contributed by atoms with Gasteiger partial charge in [-0.1, -0.05) is 12.1 Å². The highest BCUT2D eigenvalue weighted by atomic mass is 16.5. The summed E-state index contributed by atoms with van der Waals surface area (Å²) in [5.41, 5.74) is 4.19. The number of oxazole rings is 1. The van der Waals surface area contributed by atoms with Crippen molar-refractivity contribution >= 4 is 27.8 Å². The maximum Gasteiger partial charge on any atom is 0.417 e. The Morgan fingerprint density at radius 1 is 1.10 bits per heavy atom. The first-order valence-electron chi connectivity index (χ1n) is 9.28. The van der Waals surface area contributed by atoms with Crippen molar-refractivity contribution in [2.75, 3.05) is 19.5 Å². The van der Waals surface area contributed by atoms with Crippen molar-refractivity contribution in [1.29, 1.82) is 0 Å². The van der Waals surface area contributed by atoms with Crippen LogP contribution in [0, 0.1) is 0 Å². The summed E-state index contributed by atoms with van der Waals surface area (Å²) >= 11 is 0. The minimum atomic E-state index is -0.495. The Morgan fingerprint density at radius 3 is 2.77 bits per heavy atom. The van der Waals surface area contributed by atoms with Gasteiger partial charge < -0.3 is 14.5 Å². The van der Waals surface area contributed by atoms with E-state index in [4.69, 9.17) is 14.1 Å². The highest BCUT2D eigenvalue weighted by molar-refractivity contribution is 6.00. The highest BCUT2D eigenvalue weighted by Gasteiger charge is 2.17. The Hall–Kier alpha value is -4.20. The lowest BCUT2D eigenvalue weighted by Gasteiger charge is -2.13. The lowest BCUT2D eigenvalue weighted by atomic mass is 10.0. The maximum atomic E-state index is 11.7. The Bertz CT molecular complexity index is 1440. The third-order valence-electron chi connectivity index (χ3n) is 4.90. The zero-order chi connectivity index (χ0) is 20.7. The molecule has 0 radical (unpaired) electrons. The van der Waals surface area contributed by atoms with Gasteiger partial charge in [0, 0.05) is 36.0 Å². The second-order valence-electron chi connectivity index (χ2n) is 6.66. The quantitative estimate of drug-likeness (QED) is 0.473. The number of para-hydroxylation sites is 1. The summed E-state index contributed by atoms with van der Waals surface area (Å²) in [7, 11) is 3.40. The van der Waals surface area contributed by atoms with Crippen molar-refractivity contribution in [3.8, 4) is 28.3 Å².